The average molecular weight is 193 g/mol. The van der Waals surface area contributed by atoms with Crippen LogP contribution in [-0.2, 0) is 9.59 Å². The summed E-state index contributed by atoms with van der Waals surface area (Å²) in [6.07, 6.45) is 4.36. The first kappa shape index (κ1) is 10.2. The van der Waals surface area contributed by atoms with E-state index in [1.54, 1.807) is 14.1 Å². The quantitative estimate of drug-likeness (QED) is 0.515. The topological polar surface area (TPSA) is 57.6 Å². The molecule has 1 aliphatic rings. The van der Waals surface area contributed by atoms with Crippen molar-refractivity contribution in [3.05, 3.63) is 35.1 Å². The molecule has 0 fully saturated rings. The fourth-order valence-corrected chi connectivity index (χ4v) is 1.14. The van der Waals surface area contributed by atoms with Gasteiger partial charge in [-0.25, -0.2) is 0 Å². The summed E-state index contributed by atoms with van der Waals surface area (Å²) in [4.78, 5) is 23.4. The van der Waals surface area contributed by atoms with Gasteiger partial charge in [-0.1, -0.05) is 0 Å². The van der Waals surface area contributed by atoms with Crippen molar-refractivity contribution in [1.82, 2.24) is 4.90 Å². The van der Waals surface area contributed by atoms with Gasteiger partial charge in [0.15, 0.2) is 6.29 Å². The third-order valence-corrected chi connectivity index (χ3v) is 1.87. The molecule has 0 radical (unpaired) electrons. The van der Waals surface area contributed by atoms with Crippen LogP contribution in [0.5, 0.6) is 0 Å². The number of aliphatic hydroxyl groups excluding tert-OH is 1. The van der Waals surface area contributed by atoms with Crippen LogP contribution in [0.25, 0.3) is 0 Å². The van der Waals surface area contributed by atoms with Crippen molar-refractivity contribution in [2.24, 2.45) is 0 Å². The zero-order valence-corrected chi connectivity index (χ0v) is 8.02. The molecule has 14 heavy (non-hydrogen) atoms. The van der Waals surface area contributed by atoms with Crippen LogP contribution in [0.4, 0.5) is 0 Å². The van der Waals surface area contributed by atoms with Crippen LogP contribution < -0.4 is 0 Å². The Labute approximate surface area is 81.8 Å². The Hall–Kier alpha value is -1.84. The number of amides is 1. The van der Waals surface area contributed by atoms with Gasteiger partial charge in [-0.2, -0.15) is 0 Å². The summed E-state index contributed by atoms with van der Waals surface area (Å²) in [5.74, 6) is -0.193. The fraction of sp³-hybridized carbons (Fsp3) is 0.200. The highest BCUT2D eigenvalue weighted by Gasteiger charge is 2.18. The predicted octanol–water partition coefficient (Wildman–Crippen LogP) is 0.582. The summed E-state index contributed by atoms with van der Waals surface area (Å²) < 4.78 is 0. The van der Waals surface area contributed by atoms with Crippen molar-refractivity contribution < 1.29 is 14.7 Å². The Morgan fingerprint density at radius 3 is 2.43 bits per heavy atom. The molecule has 0 heterocycles. The zero-order chi connectivity index (χ0) is 10.7. The van der Waals surface area contributed by atoms with Gasteiger partial charge in [-0.05, 0) is 12.2 Å². The lowest BCUT2D eigenvalue weighted by molar-refractivity contribution is -0.124. The summed E-state index contributed by atoms with van der Waals surface area (Å²) >= 11 is 0. The zero-order valence-electron chi connectivity index (χ0n) is 8.02. The van der Waals surface area contributed by atoms with Crippen LogP contribution in [-0.4, -0.2) is 36.3 Å². The first-order valence-corrected chi connectivity index (χ1v) is 4.05. The fourth-order valence-electron chi connectivity index (χ4n) is 1.14. The van der Waals surface area contributed by atoms with E-state index < -0.39 is 0 Å². The smallest absolute Gasteiger partial charge is 0.253 e. The molecule has 4 heteroatoms. The Kier molecular flexibility index (Phi) is 2.86. The van der Waals surface area contributed by atoms with Crippen molar-refractivity contribution in [3.63, 3.8) is 0 Å². The number of carbonyl (C=O) groups excluding carboxylic acids is 2. The molecule has 0 atom stereocenters. The van der Waals surface area contributed by atoms with E-state index in [0.29, 0.717) is 23.0 Å². The summed E-state index contributed by atoms with van der Waals surface area (Å²) in [6.45, 7) is 0. The highest BCUT2D eigenvalue weighted by atomic mass is 16.2. The third kappa shape index (κ3) is 1.74. The first-order chi connectivity index (χ1) is 6.60. The molecule has 0 aliphatic heterocycles. The van der Waals surface area contributed by atoms with Crippen LogP contribution in [0.3, 0.4) is 0 Å². The largest absolute Gasteiger partial charge is 0.515 e. The predicted molar refractivity (Wildman–Crippen MR) is 51.6 cm³/mol. The van der Waals surface area contributed by atoms with Crippen molar-refractivity contribution in [3.8, 4) is 0 Å². The number of hydrogen-bond donors (Lipinski definition) is 1. The van der Waals surface area contributed by atoms with E-state index in [1.165, 1.54) is 17.1 Å². The summed E-state index contributed by atoms with van der Waals surface area (Å²) in [7, 11) is 3.25. The van der Waals surface area contributed by atoms with Gasteiger partial charge in [0.2, 0.25) is 0 Å². The number of nitrogens with zero attached hydrogens (tertiary/aromatic N) is 1. The maximum atomic E-state index is 11.5. The second-order valence-corrected chi connectivity index (χ2v) is 3.10. The number of carbonyl (C=O) groups is 2. The van der Waals surface area contributed by atoms with Gasteiger partial charge in [0.25, 0.3) is 5.91 Å². The Bertz CT molecular complexity index is 362. The highest BCUT2D eigenvalue weighted by molar-refractivity contribution is 6.01. The maximum absolute atomic E-state index is 11.5. The lowest BCUT2D eigenvalue weighted by Gasteiger charge is -2.08. The Morgan fingerprint density at radius 1 is 1.43 bits per heavy atom. The molecule has 74 valence electrons. The van der Waals surface area contributed by atoms with Gasteiger partial charge in [-0.3, -0.25) is 9.59 Å². The molecule has 4 nitrogen and oxygen atoms in total. The number of aliphatic hydroxyl groups is 1. The minimum Gasteiger partial charge on any atom is -0.515 e. The van der Waals surface area contributed by atoms with E-state index >= 15 is 0 Å². The summed E-state index contributed by atoms with van der Waals surface area (Å²) in [5.41, 5.74) is 1.08. The van der Waals surface area contributed by atoms with E-state index in [4.69, 9.17) is 5.11 Å². The van der Waals surface area contributed by atoms with Crippen molar-refractivity contribution in [2.45, 2.75) is 0 Å². The average Bonchev–Trinajstić information content (AvgIpc) is 2.59. The van der Waals surface area contributed by atoms with Crippen molar-refractivity contribution in [2.75, 3.05) is 14.1 Å². The third-order valence-electron chi connectivity index (χ3n) is 1.87. The normalized spacial score (nSPS) is 17.7. The number of hydrogen-bond acceptors (Lipinski definition) is 3. The first-order valence-electron chi connectivity index (χ1n) is 4.05. The molecular weight excluding hydrogens is 182 g/mol. The molecule has 0 unspecified atom stereocenters. The molecule has 1 aliphatic carbocycles. The number of aldehydes is 1. The monoisotopic (exact) mass is 193 g/mol. The van der Waals surface area contributed by atoms with Crippen LogP contribution in [0, 0.1) is 0 Å². The Morgan fingerprint density at radius 2 is 2.07 bits per heavy atom. The van der Waals surface area contributed by atoms with E-state index in [9.17, 15) is 9.59 Å². The molecule has 1 rings (SSSR count). The lowest BCUT2D eigenvalue weighted by atomic mass is 10.2. The van der Waals surface area contributed by atoms with Gasteiger partial charge in [-0.15, -0.1) is 0 Å². The second kappa shape index (κ2) is 3.91. The molecule has 0 saturated carbocycles. The van der Waals surface area contributed by atoms with E-state index in [2.05, 4.69) is 0 Å². The minimum atomic E-state index is -0.193. The van der Waals surface area contributed by atoms with Gasteiger partial charge >= 0.3 is 0 Å². The summed E-state index contributed by atoms with van der Waals surface area (Å²) in [5, 5.41) is 8.77. The molecule has 0 aromatic carbocycles. The number of rotatable bonds is 2. The van der Waals surface area contributed by atoms with Gasteiger partial charge in [0.05, 0.1) is 6.26 Å². The number of allylic oxidation sites excluding steroid dienone is 3. The van der Waals surface area contributed by atoms with Crippen molar-refractivity contribution >= 4 is 12.2 Å². The highest BCUT2D eigenvalue weighted by Crippen LogP contribution is 2.22. The molecule has 0 aromatic heterocycles. The summed E-state index contributed by atoms with van der Waals surface area (Å²) in [6, 6.07) is 0. The van der Waals surface area contributed by atoms with E-state index in [-0.39, 0.29) is 5.91 Å². The molecule has 1 N–H and O–H groups in total. The molecule has 0 spiro atoms. The maximum Gasteiger partial charge on any atom is 0.253 e. The molecule has 0 bridgehead atoms. The van der Waals surface area contributed by atoms with Gasteiger partial charge < -0.3 is 10.0 Å². The lowest BCUT2D eigenvalue weighted by Crippen LogP contribution is -2.22. The minimum absolute atomic E-state index is 0.193. The standard InChI is InChI=1S/C10H11NO3/c1-11(2)10(14)7-3-8(5-12)9(4-7)6-13/h3-6,12H,1-2H3. The number of likely N-dealkylation sites (N-methyl/N-ethyl adjacent to an activating group) is 1. The molecule has 0 saturated heterocycles. The van der Waals surface area contributed by atoms with Crippen LogP contribution >= 0.6 is 0 Å². The van der Waals surface area contributed by atoms with Gasteiger partial charge in [0, 0.05) is 30.8 Å². The Balaban J connectivity index is 3.01. The van der Waals surface area contributed by atoms with Crippen LogP contribution in [0.15, 0.2) is 35.1 Å². The van der Waals surface area contributed by atoms with Crippen LogP contribution in [0.2, 0.25) is 0 Å². The van der Waals surface area contributed by atoms with Gasteiger partial charge in [0.1, 0.15) is 0 Å². The molecule has 1 amide bonds. The van der Waals surface area contributed by atoms with E-state index in [0.717, 1.165) is 6.26 Å². The van der Waals surface area contributed by atoms with Crippen LogP contribution in [0.1, 0.15) is 0 Å². The second-order valence-electron chi connectivity index (χ2n) is 3.10. The van der Waals surface area contributed by atoms with E-state index in [1.807, 2.05) is 0 Å². The molecule has 0 aromatic rings. The SMILES string of the molecule is CN(C)C(=O)C1=CC(=CO)C(C=O)=C1. The van der Waals surface area contributed by atoms with Crippen molar-refractivity contribution in [1.29, 1.82) is 0 Å². The molecular formula is C10H11NO3.